The largest absolute Gasteiger partial charge is 0.481 e. The van der Waals surface area contributed by atoms with Gasteiger partial charge in [0.05, 0.1) is 17.6 Å². The van der Waals surface area contributed by atoms with Crippen LogP contribution >= 0.6 is 0 Å². The van der Waals surface area contributed by atoms with Crippen molar-refractivity contribution in [3.8, 4) is 0 Å². The maximum Gasteiger partial charge on any atom is 0.481 e. The summed E-state index contributed by atoms with van der Waals surface area (Å²) in [5.41, 5.74) is 1.63. The monoisotopic (exact) mass is 615 g/mol. The highest BCUT2D eigenvalue weighted by atomic mass is 16.7. The molecule has 2 heterocycles. The Morgan fingerprint density at radius 1 is 1.00 bits per heavy atom. The average molecular weight is 616 g/mol. The van der Waals surface area contributed by atoms with Gasteiger partial charge >= 0.3 is 13.2 Å². The van der Waals surface area contributed by atoms with Crippen LogP contribution in [0.25, 0.3) is 0 Å². The molecule has 3 amide bonds. The Morgan fingerprint density at radius 2 is 1.69 bits per heavy atom. The normalized spacial score (nSPS) is 29.2. The number of likely N-dealkylation sites (tertiary alicyclic amines) is 1. The van der Waals surface area contributed by atoms with Crippen molar-refractivity contribution in [1.29, 1.82) is 0 Å². The van der Waals surface area contributed by atoms with E-state index in [1.54, 1.807) is 4.90 Å². The van der Waals surface area contributed by atoms with Crippen LogP contribution < -0.4 is 10.6 Å². The summed E-state index contributed by atoms with van der Waals surface area (Å²) in [6.45, 7) is 9.39. The molecular weight excluding hydrogens is 569 g/mol. The van der Waals surface area contributed by atoms with Gasteiger partial charge in [0.25, 0.3) is 0 Å². The number of carbonyl (C=O) groups is 3. The predicted octanol–water partition coefficient (Wildman–Crippen LogP) is 4.68. The molecule has 0 radical (unpaired) electrons. The molecule has 5 fully saturated rings. The summed E-state index contributed by atoms with van der Waals surface area (Å²) in [7, 11) is -0.526. The molecule has 2 saturated heterocycles. The lowest BCUT2D eigenvalue weighted by Crippen LogP contribution is -2.65. The molecule has 0 aromatic heterocycles. The summed E-state index contributed by atoms with van der Waals surface area (Å²) < 4.78 is 18.6. The molecule has 2 aromatic carbocycles. The van der Waals surface area contributed by atoms with Gasteiger partial charge in [-0.2, -0.15) is 0 Å². The van der Waals surface area contributed by atoms with Gasteiger partial charge in [0.15, 0.2) is 0 Å². The zero-order valence-electron chi connectivity index (χ0n) is 26.9. The van der Waals surface area contributed by atoms with Crippen molar-refractivity contribution in [3.63, 3.8) is 0 Å². The van der Waals surface area contributed by atoms with Crippen LogP contribution in [-0.4, -0.2) is 66.2 Å². The molecule has 3 saturated carbocycles. The van der Waals surface area contributed by atoms with Crippen molar-refractivity contribution >= 4 is 25.0 Å². The van der Waals surface area contributed by atoms with E-state index in [4.69, 9.17) is 14.0 Å². The first-order valence-electron chi connectivity index (χ1n) is 16.6. The molecule has 2 N–H and O–H groups in total. The van der Waals surface area contributed by atoms with E-state index in [-0.39, 0.29) is 47.9 Å². The molecule has 240 valence electrons. The molecule has 7 rings (SSSR count). The van der Waals surface area contributed by atoms with Crippen LogP contribution in [0.4, 0.5) is 4.79 Å². The minimum atomic E-state index is -0.884. The zero-order valence-corrected chi connectivity index (χ0v) is 26.9. The third kappa shape index (κ3) is 6.23. The quantitative estimate of drug-likeness (QED) is 0.377. The number of rotatable bonds is 10. The van der Waals surface area contributed by atoms with Crippen molar-refractivity contribution in [1.82, 2.24) is 15.5 Å². The van der Waals surface area contributed by atoms with Gasteiger partial charge in [-0.05, 0) is 67.4 Å². The van der Waals surface area contributed by atoms with Gasteiger partial charge in [-0.25, -0.2) is 4.79 Å². The highest BCUT2D eigenvalue weighted by molar-refractivity contribution is 6.47. The van der Waals surface area contributed by atoms with Gasteiger partial charge < -0.3 is 29.6 Å². The Bertz CT molecular complexity index is 1380. The summed E-state index contributed by atoms with van der Waals surface area (Å²) >= 11 is 0. The van der Waals surface area contributed by atoms with Crippen LogP contribution in [0.1, 0.15) is 70.9 Å². The number of alkyl carbamates (subject to hydrolysis) is 1. The van der Waals surface area contributed by atoms with Crippen molar-refractivity contribution in [2.45, 2.75) is 103 Å². The second-order valence-electron chi connectivity index (χ2n) is 14.0. The Labute approximate surface area is 266 Å². The van der Waals surface area contributed by atoms with Gasteiger partial charge in [-0.1, -0.05) is 81.4 Å². The molecular formula is C35H46BN3O6. The number of nitrogens with zero attached hydrogens (tertiary/aromatic N) is 1. The number of carbonyl (C=O) groups excluding carboxylic acids is 3. The van der Waals surface area contributed by atoms with Crippen LogP contribution in [-0.2, 0) is 36.7 Å². The maximum atomic E-state index is 14.0. The number of hydrogen-bond donors (Lipinski definition) is 2. The van der Waals surface area contributed by atoms with E-state index in [9.17, 15) is 14.4 Å². The summed E-state index contributed by atoms with van der Waals surface area (Å²) in [5.74, 6) is 0.237. The zero-order chi connectivity index (χ0) is 31.8. The number of benzene rings is 2. The lowest BCUT2D eigenvalue weighted by molar-refractivity contribution is -0.199. The smallest absolute Gasteiger partial charge is 0.445 e. The molecule has 3 unspecified atom stereocenters. The summed E-state index contributed by atoms with van der Waals surface area (Å²) in [5, 5.41) is 5.98. The highest BCUT2D eigenvalue weighted by Crippen LogP contribution is 2.65. The standard InChI is InChI=1S/C35H46BN3O6/c1-5-30(36-44-29-21-25-20-28(34(25,2)3)35(29,4)45-36)38-31(40)27-17-12-18-39(27)32(41)26(19-23-13-8-6-9-14-23)37-33(42)43-22-24-15-10-7-11-16-24/h6-11,13-16,25-30H,5,12,17-22H2,1-4H3,(H,37,42)(H,38,40)/t25?,26-,27-,28?,29+,30?,35-/m0/s1. The Hall–Kier alpha value is -3.37. The van der Waals surface area contributed by atoms with Crippen LogP contribution in [0.15, 0.2) is 60.7 Å². The van der Waals surface area contributed by atoms with E-state index >= 15 is 0 Å². The fourth-order valence-electron chi connectivity index (χ4n) is 8.17. The molecule has 7 atom stereocenters. The molecule has 2 aliphatic heterocycles. The van der Waals surface area contributed by atoms with Gasteiger partial charge in [-0.3, -0.25) is 9.59 Å². The summed E-state index contributed by atoms with van der Waals surface area (Å²) in [4.78, 5) is 42.3. The van der Waals surface area contributed by atoms with Crippen molar-refractivity contribution in [3.05, 3.63) is 71.8 Å². The highest BCUT2D eigenvalue weighted by Gasteiger charge is 2.68. The first-order valence-corrected chi connectivity index (χ1v) is 16.6. The van der Waals surface area contributed by atoms with Gasteiger partial charge in [0.2, 0.25) is 11.8 Å². The van der Waals surface area contributed by atoms with Crippen LogP contribution in [0.3, 0.4) is 0 Å². The summed E-state index contributed by atoms with van der Waals surface area (Å²) in [6, 6.07) is 17.4. The SMILES string of the molecule is CCC(NC(=O)[C@@H]1CCCN1C(=O)[C@H](Cc1ccccc1)NC(=O)OCc1ccccc1)B1O[C@@H]2CC3CC(C3(C)C)[C@]2(C)O1. The van der Waals surface area contributed by atoms with Gasteiger partial charge in [-0.15, -0.1) is 0 Å². The predicted molar refractivity (Wildman–Crippen MR) is 171 cm³/mol. The van der Waals surface area contributed by atoms with Crippen LogP contribution in [0.5, 0.6) is 0 Å². The van der Waals surface area contributed by atoms with Crippen LogP contribution in [0.2, 0.25) is 0 Å². The van der Waals surface area contributed by atoms with E-state index < -0.39 is 25.3 Å². The number of nitrogens with one attached hydrogen (secondary N) is 2. The first-order chi connectivity index (χ1) is 21.6. The third-order valence-electron chi connectivity index (χ3n) is 11.0. The van der Waals surface area contributed by atoms with Crippen molar-refractivity contribution in [2.24, 2.45) is 17.3 Å². The Balaban J connectivity index is 1.11. The molecule has 10 heteroatoms. The fourth-order valence-corrected chi connectivity index (χ4v) is 8.17. The molecule has 3 aliphatic carbocycles. The van der Waals surface area contributed by atoms with E-state index in [1.165, 1.54) is 0 Å². The molecule has 5 aliphatic rings. The second-order valence-corrected chi connectivity index (χ2v) is 14.0. The topological polar surface area (TPSA) is 106 Å². The minimum absolute atomic E-state index is 0.0289. The van der Waals surface area contributed by atoms with Crippen molar-refractivity contribution in [2.75, 3.05) is 6.54 Å². The molecule has 45 heavy (non-hydrogen) atoms. The van der Waals surface area contributed by atoms with Gasteiger partial charge in [0, 0.05) is 13.0 Å². The Kier molecular flexibility index (Phi) is 8.99. The lowest BCUT2D eigenvalue weighted by atomic mass is 9.43. The maximum absolute atomic E-state index is 14.0. The van der Waals surface area contributed by atoms with E-state index in [0.29, 0.717) is 37.6 Å². The first kappa shape index (κ1) is 31.6. The molecule has 2 bridgehead atoms. The fraction of sp³-hybridized carbons (Fsp3) is 0.571. The number of ether oxygens (including phenoxy) is 1. The van der Waals surface area contributed by atoms with Gasteiger partial charge in [0.1, 0.15) is 18.7 Å². The third-order valence-corrected chi connectivity index (χ3v) is 11.0. The van der Waals surface area contributed by atoms with E-state index in [0.717, 1.165) is 24.0 Å². The summed E-state index contributed by atoms with van der Waals surface area (Å²) in [6.07, 6.45) is 3.67. The Morgan fingerprint density at radius 3 is 2.36 bits per heavy atom. The van der Waals surface area contributed by atoms with Crippen molar-refractivity contribution < 1.29 is 28.4 Å². The number of amides is 3. The number of hydrogen-bond acceptors (Lipinski definition) is 6. The lowest BCUT2D eigenvalue weighted by Gasteiger charge is -2.64. The van der Waals surface area contributed by atoms with Crippen LogP contribution in [0, 0.1) is 17.3 Å². The van der Waals surface area contributed by atoms with E-state index in [1.807, 2.05) is 67.6 Å². The van der Waals surface area contributed by atoms with E-state index in [2.05, 4.69) is 31.4 Å². The second kappa shape index (κ2) is 12.8. The minimum Gasteiger partial charge on any atom is -0.445 e. The molecule has 9 nitrogen and oxygen atoms in total. The molecule has 0 spiro atoms. The molecule has 2 aromatic rings. The average Bonchev–Trinajstić information content (AvgIpc) is 3.67.